The van der Waals surface area contributed by atoms with Crippen LogP contribution in [0.4, 0.5) is 17.6 Å². The monoisotopic (exact) mass is 301 g/mol. The molecule has 0 amide bonds. The van der Waals surface area contributed by atoms with Crippen molar-refractivity contribution >= 4 is 0 Å². The maximum absolute atomic E-state index is 13.6. The Morgan fingerprint density at radius 2 is 1.86 bits per heavy atom. The minimum absolute atomic E-state index is 0.278. The normalized spacial score (nSPS) is 13.5. The van der Waals surface area contributed by atoms with Crippen molar-refractivity contribution in [2.75, 3.05) is 0 Å². The fourth-order valence-corrected chi connectivity index (χ4v) is 2.36. The first-order valence-corrected chi connectivity index (χ1v) is 6.25. The van der Waals surface area contributed by atoms with Gasteiger partial charge < -0.3 is 5.73 Å². The average molecular weight is 301 g/mol. The summed E-state index contributed by atoms with van der Waals surface area (Å²) in [6.07, 6.45) is -4.72. The van der Waals surface area contributed by atoms with Crippen LogP contribution in [0.25, 0.3) is 0 Å². The van der Waals surface area contributed by atoms with Crippen LogP contribution in [0.15, 0.2) is 18.2 Å². The Kier molecular flexibility index (Phi) is 3.79. The van der Waals surface area contributed by atoms with Gasteiger partial charge in [0.2, 0.25) is 0 Å². The van der Waals surface area contributed by atoms with Crippen LogP contribution in [0.3, 0.4) is 0 Å². The molecule has 114 valence electrons. The maximum atomic E-state index is 13.6. The predicted octanol–water partition coefficient (Wildman–Crippen LogP) is 3.24. The molecule has 7 heteroatoms. The zero-order valence-electron chi connectivity index (χ0n) is 11.8. The van der Waals surface area contributed by atoms with E-state index in [1.165, 1.54) is 6.07 Å². The average Bonchev–Trinajstić information content (AvgIpc) is 2.61. The molecule has 0 saturated carbocycles. The van der Waals surface area contributed by atoms with Crippen molar-refractivity contribution in [1.82, 2.24) is 9.78 Å². The standard InChI is InChI=1S/C14H15F4N3/c1-7-12(8(2)21(3)20-7)13(19)9-4-5-10(11(15)6-9)14(16,17)18/h4-6,13H,19H2,1-3H3. The Bertz CT molecular complexity index is 674. The molecule has 1 heterocycles. The van der Waals surface area contributed by atoms with Gasteiger partial charge >= 0.3 is 6.18 Å². The van der Waals surface area contributed by atoms with E-state index in [0.717, 1.165) is 11.8 Å². The molecule has 1 aromatic carbocycles. The zero-order valence-corrected chi connectivity index (χ0v) is 11.8. The largest absolute Gasteiger partial charge is 0.419 e. The minimum Gasteiger partial charge on any atom is -0.320 e. The second-order valence-electron chi connectivity index (χ2n) is 4.92. The summed E-state index contributed by atoms with van der Waals surface area (Å²) in [5.74, 6) is -1.32. The first-order valence-electron chi connectivity index (χ1n) is 6.25. The second kappa shape index (κ2) is 5.14. The fourth-order valence-electron chi connectivity index (χ4n) is 2.36. The predicted molar refractivity (Wildman–Crippen MR) is 70.1 cm³/mol. The molecule has 2 N–H and O–H groups in total. The Morgan fingerprint density at radius 1 is 1.24 bits per heavy atom. The van der Waals surface area contributed by atoms with Gasteiger partial charge in [-0.15, -0.1) is 0 Å². The molecule has 0 saturated heterocycles. The first kappa shape index (κ1) is 15.5. The lowest BCUT2D eigenvalue weighted by Crippen LogP contribution is -2.16. The van der Waals surface area contributed by atoms with Gasteiger partial charge in [0.1, 0.15) is 5.82 Å². The van der Waals surface area contributed by atoms with Gasteiger partial charge in [-0.3, -0.25) is 4.68 Å². The van der Waals surface area contributed by atoms with Crippen molar-refractivity contribution in [1.29, 1.82) is 0 Å². The molecule has 0 aliphatic carbocycles. The molecule has 0 aliphatic rings. The Balaban J connectivity index is 2.45. The smallest absolute Gasteiger partial charge is 0.320 e. The van der Waals surface area contributed by atoms with Crippen molar-refractivity contribution in [2.45, 2.75) is 26.1 Å². The fraction of sp³-hybridized carbons (Fsp3) is 0.357. The van der Waals surface area contributed by atoms with Gasteiger partial charge in [0.25, 0.3) is 0 Å². The zero-order chi connectivity index (χ0) is 15.9. The molecular formula is C14H15F4N3. The third-order valence-corrected chi connectivity index (χ3v) is 3.53. The van der Waals surface area contributed by atoms with Gasteiger partial charge in [-0.25, -0.2) is 4.39 Å². The van der Waals surface area contributed by atoms with E-state index < -0.39 is 23.6 Å². The molecule has 1 atom stereocenters. The first-order chi connectivity index (χ1) is 9.62. The summed E-state index contributed by atoms with van der Waals surface area (Å²) >= 11 is 0. The lowest BCUT2D eigenvalue weighted by atomic mass is 9.96. The third-order valence-electron chi connectivity index (χ3n) is 3.53. The number of alkyl halides is 3. The number of halogens is 4. The summed E-state index contributed by atoms with van der Waals surface area (Å²) in [5, 5.41) is 4.20. The van der Waals surface area contributed by atoms with E-state index in [-0.39, 0.29) is 5.56 Å². The molecule has 0 aliphatic heterocycles. The summed E-state index contributed by atoms with van der Waals surface area (Å²) < 4.78 is 52.9. The van der Waals surface area contributed by atoms with Crippen LogP contribution in [0.1, 0.15) is 34.1 Å². The molecule has 0 spiro atoms. The molecule has 21 heavy (non-hydrogen) atoms. The number of hydrogen-bond acceptors (Lipinski definition) is 2. The van der Waals surface area contributed by atoms with E-state index in [1.807, 2.05) is 0 Å². The molecule has 0 fully saturated rings. The van der Waals surface area contributed by atoms with Crippen molar-refractivity contribution in [3.05, 3.63) is 52.1 Å². The SMILES string of the molecule is Cc1nn(C)c(C)c1C(N)c1ccc(C(F)(F)F)c(F)c1. The number of nitrogens with zero attached hydrogens (tertiary/aromatic N) is 2. The number of nitrogens with two attached hydrogens (primary N) is 1. The summed E-state index contributed by atoms with van der Waals surface area (Å²) in [5.41, 5.74) is 7.19. The van der Waals surface area contributed by atoms with Gasteiger partial charge in [0.15, 0.2) is 0 Å². The Labute approximate surface area is 119 Å². The lowest BCUT2D eigenvalue weighted by molar-refractivity contribution is -0.140. The molecule has 1 aromatic heterocycles. The minimum atomic E-state index is -4.72. The highest BCUT2D eigenvalue weighted by Gasteiger charge is 2.34. The number of aromatic nitrogens is 2. The second-order valence-corrected chi connectivity index (χ2v) is 4.92. The van der Waals surface area contributed by atoms with Crippen molar-refractivity contribution in [2.24, 2.45) is 12.8 Å². The van der Waals surface area contributed by atoms with Crippen LogP contribution < -0.4 is 5.73 Å². The molecule has 0 bridgehead atoms. The van der Waals surface area contributed by atoms with Crippen molar-refractivity contribution in [3.63, 3.8) is 0 Å². The highest BCUT2D eigenvalue weighted by Crippen LogP contribution is 2.33. The lowest BCUT2D eigenvalue weighted by Gasteiger charge is -2.15. The molecule has 1 unspecified atom stereocenters. The van der Waals surface area contributed by atoms with Crippen molar-refractivity contribution < 1.29 is 17.6 Å². The van der Waals surface area contributed by atoms with E-state index in [0.29, 0.717) is 17.3 Å². The van der Waals surface area contributed by atoms with E-state index in [1.54, 1.807) is 25.6 Å². The summed E-state index contributed by atoms with van der Waals surface area (Å²) in [6, 6.07) is 2.02. The summed E-state index contributed by atoms with van der Waals surface area (Å²) in [4.78, 5) is 0. The number of hydrogen-bond donors (Lipinski definition) is 1. The van der Waals surface area contributed by atoms with Crippen LogP contribution >= 0.6 is 0 Å². The maximum Gasteiger partial charge on any atom is 0.419 e. The van der Waals surface area contributed by atoms with E-state index >= 15 is 0 Å². The Hall–Kier alpha value is -1.89. The third kappa shape index (κ3) is 2.78. The Morgan fingerprint density at radius 3 is 2.29 bits per heavy atom. The molecule has 3 nitrogen and oxygen atoms in total. The van der Waals surface area contributed by atoms with Gasteiger partial charge in [0.05, 0.1) is 17.3 Å². The van der Waals surface area contributed by atoms with E-state index in [4.69, 9.17) is 5.73 Å². The highest BCUT2D eigenvalue weighted by atomic mass is 19.4. The molecular weight excluding hydrogens is 286 g/mol. The number of benzene rings is 1. The topological polar surface area (TPSA) is 43.8 Å². The van der Waals surface area contributed by atoms with Gasteiger partial charge in [-0.2, -0.15) is 18.3 Å². The summed E-state index contributed by atoms with van der Waals surface area (Å²) in [6.45, 7) is 3.55. The van der Waals surface area contributed by atoms with Gasteiger partial charge in [0, 0.05) is 18.3 Å². The molecule has 2 rings (SSSR count). The number of aryl methyl sites for hydroxylation is 2. The van der Waals surface area contributed by atoms with Crippen LogP contribution in [0, 0.1) is 19.7 Å². The van der Waals surface area contributed by atoms with E-state index in [2.05, 4.69) is 5.10 Å². The van der Waals surface area contributed by atoms with Crippen molar-refractivity contribution in [3.8, 4) is 0 Å². The van der Waals surface area contributed by atoms with Crippen LogP contribution in [0.5, 0.6) is 0 Å². The van der Waals surface area contributed by atoms with E-state index in [9.17, 15) is 17.6 Å². The number of rotatable bonds is 2. The van der Waals surface area contributed by atoms with Crippen LogP contribution in [-0.4, -0.2) is 9.78 Å². The van der Waals surface area contributed by atoms with Crippen LogP contribution in [0.2, 0.25) is 0 Å². The molecule has 2 aromatic rings. The van der Waals surface area contributed by atoms with Crippen LogP contribution in [-0.2, 0) is 13.2 Å². The quantitative estimate of drug-likeness (QED) is 0.865. The van der Waals surface area contributed by atoms with Gasteiger partial charge in [-0.05, 0) is 31.5 Å². The highest BCUT2D eigenvalue weighted by molar-refractivity contribution is 5.38. The van der Waals surface area contributed by atoms with Gasteiger partial charge in [-0.1, -0.05) is 6.07 Å². The molecule has 0 radical (unpaired) electrons. The summed E-state index contributed by atoms with van der Waals surface area (Å²) in [7, 11) is 1.74.